The lowest BCUT2D eigenvalue weighted by Crippen LogP contribution is -2.28. The lowest BCUT2D eigenvalue weighted by atomic mass is 9.89. The number of rotatable bonds is 5. The van der Waals surface area contributed by atoms with Crippen molar-refractivity contribution in [3.8, 4) is 0 Å². The summed E-state index contributed by atoms with van der Waals surface area (Å²) in [6.45, 7) is 2.52. The summed E-state index contributed by atoms with van der Waals surface area (Å²) < 4.78 is 0. The molecule has 126 valence electrons. The molecule has 0 unspecified atom stereocenters. The number of carbonyl (C=O) groups is 1. The smallest absolute Gasteiger partial charge is 0.197 e. The van der Waals surface area contributed by atoms with Crippen molar-refractivity contribution >= 4 is 28.7 Å². The maximum atomic E-state index is 12.1. The molecule has 1 fully saturated rings. The Hall–Kier alpha value is -1.62. The van der Waals surface area contributed by atoms with Crippen LogP contribution < -0.4 is 5.73 Å². The number of benzene rings is 1. The first-order valence-corrected chi connectivity index (χ1v) is 9.41. The molecule has 1 aliphatic heterocycles. The van der Waals surface area contributed by atoms with E-state index in [2.05, 4.69) is 29.2 Å². The lowest BCUT2D eigenvalue weighted by molar-refractivity contribution is 0.104. The molecule has 0 atom stereocenters. The van der Waals surface area contributed by atoms with Crippen LogP contribution in [0.3, 0.4) is 0 Å². The van der Waals surface area contributed by atoms with Crippen LogP contribution in [-0.2, 0) is 6.54 Å². The summed E-state index contributed by atoms with van der Waals surface area (Å²) in [5.74, 6) is 0.595. The van der Waals surface area contributed by atoms with Gasteiger partial charge in [-0.2, -0.15) is 0 Å². The summed E-state index contributed by atoms with van der Waals surface area (Å²) in [5.41, 5.74) is 8.30. The Morgan fingerprint density at radius 3 is 2.79 bits per heavy atom. The van der Waals surface area contributed by atoms with Gasteiger partial charge in [0, 0.05) is 37.3 Å². The van der Waals surface area contributed by atoms with Crippen molar-refractivity contribution in [2.45, 2.75) is 25.3 Å². The van der Waals surface area contributed by atoms with Gasteiger partial charge in [-0.05, 0) is 36.0 Å². The predicted octanol–water partition coefficient (Wildman–Crippen LogP) is 4.44. The van der Waals surface area contributed by atoms with Gasteiger partial charge in [0.1, 0.15) is 0 Å². The third-order valence-corrected chi connectivity index (χ3v) is 5.73. The number of hydrogen-bond acceptors (Lipinski definition) is 4. The minimum Gasteiger partial charge on any atom is -0.377 e. The highest BCUT2D eigenvalue weighted by atomic mass is 35.5. The second kappa shape index (κ2) is 7.97. The normalized spacial score (nSPS) is 16.0. The van der Waals surface area contributed by atoms with E-state index >= 15 is 0 Å². The van der Waals surface area contributed by atoms with Crippen LogP contribution >= 0.6 is 22.9 Å². The van der Waals surface area contributed by atoms with Crippen molar-refractivity contribution in [3.63, 3.8) is 0 Å². The van der Waals surface area contributed by atoms with Crippen molar-refractivity contribution in [2.75, 3.05) is 13.1 Å². The number of piperidine rings is 1. The summed E-state index contributed by atoms with van der Waals surface area (Å²) in [7, 11) is 0. The van der Waals surface area contributed by atoms with Crippen molar-refractivity contribution in [3.05, 3.63) is 69.0 Å². The van der Waals surface area contributed by atoms with Gasteiger partial charge in [-0.3, -0.25) is 4.79 Å². The predicted molar refractivity (Wildman–Crippen MR) is 101 cm³/mol. The molecular weight excluding hydrogens is 340 g/mol. The van der Waals surface area contributed by atoms with E-state index in [1.165, 1.54) is 22.5 Å². The highest BCUT2D eigenvalue weighted by Gasteiger charge is 2.19. The lowest BCUT2D eigenvalue weighted by Gasteiger charge is -2.31. The SMILES string of the molecule is NCc1cccc(C2CCN(/C=C/C(=O)c3cc(Cl)cs3)CC2)c1. The van der Waals surface area contributed by atoms with Crippen LogP contribution in [0.5, 0.6) is 0 Å². The maximum Gasteiger partial charge on any atom is 0.197 e. The second-order valence-corrected chi connectivity index (χ2v) is 7.42. The largest absolute Gasteiger partial charge is 0.377 e. The zero-order chi connectivity index (χ0) is 16.9. The molecule has 24 heavy (non-hydrogen) atoms. The fourth-order valence-electron chi connectivity index (χ4n) is 3.05. The number of nitrogens with zero attached hydrogens (tertiary/aromatic N) is 1. The fraction of sp³-hybridized carbons (Fsp3) is 0.316. The highest BCUT2D eigenvalue weighted by Crippen LogP contribution is 2.28. The zero-order valence-electron chi connectivity index (χ0n) is 13.5. The summed E-state index contributed by atoms with van der Waals surface area (Å²) in [6.07, 6.45) is 5.76. The number of nitrogens with two attached hydrogens (primary N) is 1. The first kappa shape index (κ1) is 17.2. The van der Waals surface area contributed by atoms with E-state index in [0.717, 1.165) is 25.9 Å². The van der Waals surface area contributed by atoms with E-state index in [0.29, 0.717) is 22.4 Å². The monoisotopic (exact) mass is 360 g/mol. The van der Waals surface area contributed by atoms with Crippen LogP contribution in [-0.4, -0.2) is 23.8 Å². The minimum absolute atomic E-state index is 0.0182. The van der Waals surface area contributed by atoms with Gasteiger partial charge in [0.2, 0.25) is 0 Å². The number of likely N-dealkylation sites (tertiary alicyclic amines) is 1. The van der Waals surface area contributed by atoms with Gasteiger partial charge in [-0.1, -0.05) is 35.9 Å². The van der Waals surface area contributed by atoms with E-state index in [1.807, 2.05) is 6.20 Å². The number of allylic oxidation sites excluding steroid dienone is 1. The summed E-state index contributed by atoms with van der Waals surface area (Å²) >= 11 is 7.25. The van der Waals surface area contributed by atoms with Crippen LogP contribution in [0.15, 0.2) is 48.0 Å². The van der Waals surface area contributed by atoms with Crippen molar-refractivity contribution in [1.82, 2.24) is 4.90 Å². The molecule has 0 spiro atoms. The number of ketones is 1. The Morgan fingerprint density at radius 1 is 1.33 bits per heavy atom. The van der Waals surface area contributed by atoms with Gasteiger partial charge in [-0.25, -0.2) is 0 Å². The van der Waals surface area contributed by atoms with Crippen molar-refractivity contribution < 1.29 is 4.79 Å². The van der Waals surface area contributed by atoms with Gasteiger partial charge >= 0.3 is 0 Å². The molecule has 5 heteroatoms. The maximum absolute atomic E-state index is 12.1. The molecular formula is C19H21ClN2OS. The van der Waals surface area contributed by atoms with Gasteiger partial charge in [-0.15, -0.1) is 11.3 Å². The molecule has 2 heterocycles. The van der Waals surface area contributed by atoms with Crippen LogP contribution in [0.4, 0.5) is 0 Å². The molecule has 3 nitrogen and oxygen atoms in total. The van der Waals surface area contributed by atoms with Gasteiger partial charge in [0.15, 0.2) is 5.78 Å². The molecule has 1 saturated heterocycles. The van der Waals surface area contributed by atoms with Gasteiger partial charge in [0.05, 0.1) is 9.90 Å². The molecule has 0 bridgehead atoms. The van der Waals surface area contributed by atoms with Crippen LogP contribution in [0.1, 0.15) is 39.6 Å². The molecule has 0 aliphatic carbocycles. The Bertz CT molecular complexity index is 732. The third-order valence-electron chi connectivity index (χ3n) is 4.43. The molecule has 1 aromatic carbocycles. The van der Waals surface area contributed by atoms with E-state index in [-0.39, 0.29) is 5.78 Å². The average Bonchev–Trinajstić information content (AvgIpc) is 3.06. The number of halogens is 1. The van der Waals surface area contributed by atoms with Crippen molar-refractivity contribution in [2.24, 2.45) is 5.73 Å². The third kappa shape index (κ3) is 4.26. The second-order valence-electron chi connectivity index (χ2n) is 6.07. The zero-order valence-corrected chi connectivity index (χ0v) is 15.0. The van der Waals surface area contributed by atoms with Crippen LogP contribution in [0, 0.1) is 0 Å². The first-order chi connectivity index (χ1) is 11.7. The average molecular weight is 361 g/mol. The van der Waals surface area contributed by atoms with Crippen LogP contribution in [0.25, 0.3) is 0 Å². The first-order valence-electron chi connectivity index (χ1n) is 8.15. The van der Waals surface area contributed by atoms with E-state index in [1.54, 1.807) is 17.5 Å². The molecule has 0 radical (unpaired) electrons. The molecule has 2 N–H and O–H groups in total. The Morgan fingerprint density at radius 2 is 2.12 bits per heavy atom. The number of hydrogen-bond donors (Lipinski definition) is 1. The molecule has 1 aromatic heterocycles. The minimum atomic E-state index is 0.0182. The summed E-state index contributed by atoms with van der Waals surface area (Å²) in [6, 6.07) is 10.3. The van der Waals surface area contributed by atoms with E-state index in [4.69, 9.17) is 17.3 Å². The van der Waals surface area contributed by atoms with E-state index in [9.17, 15) is 4.79 Å². The number of thiophene rings is 1. The molecule has 3 rings (SSSR count). The molecule has 0 amide bonds. The Labute approximate surface area is 151 Å². The summed E-state index contributed by atoms with van der Waals surface area (Å²) in [5, 5.41) is 2.40. The van der Waals surface area contributed by atoms with Crippen molar-refractivity contribution in [1.29, 1.82) is 0 Å². The van der Waals surface area contributed by atoms with Gasteiger partial charge in [0.25, 0.3) is 0 Å². The number of carbonyl (C=O) groups excluding carboxylic acids is 1. The standard InChI is InChI=1S/C19H21ClN2OS/c20-17-11-19(24-13-17)18(23)6-9-22-7-4-15(5-8-22)16-3-1-2-14(10-16)12-21/h1-3,6,9-11,13,15H,4-5,7-8,12,21H2/b9-6+. The fourth-order valence-corrected chi connectivity index (χ4v) is 4.05. The Balaban J connectivity index is 1.55. The molecule has 0 saturated carbocycles. The quantitative estimate of drug-likeness (QED) is 0.633. The van der Waals surface area contributed by atoms with Crippen LogP contribution in [0.2, 0.25) is 5.02 Å². The summed E-state index contributed by atoms with van der Waals surface area (Å²) in [4.78, 5) is 15.0. The topological polar surface area (TPSA) is 46.3 Å². The highest BCUT2D eigenvalue weighted by molar-refractivity contribution is 7.12. The molecule has 1 aliphatic rings. The van der Waals surface area contributed by atoms with Gasteiger partial charge < -0.3 is 10.6 Å². The molecule has 2 aromatic rings. The Kier molecular flexibility index (Phi) is 5.72. The van der Waals surface area contributed by atoms with E-state index < -0.39 is 0 Å².